The zero-order chi connectivity index (χ0) is 23.9. The second-order valence-corrected chi connectivity index (χ2v) is 8.83. The SMILES string of the molecule is CCOCCCNC(=O)C(C)C1CCN(C(=O)c2ccc3oc(-c4ccccc4)nc3c2)CC1. The van der Waals surface area contributed by atoms with Crippen LogP contribution in [0.4, 0.5) is 0 Å². The Kier molecular flexibility index (Phi) is 7.95. The predicted molar refractivity (Wildman–Crippen MR) is 131 cm³/mol. The maximum atomic E-state index is 13.1. The molecule has 180 valence electrons. The van der Waals surface area contributed by atoms with Crippen molar-refractivity contribution >= 4 is 22.9 Å². The van der Waals surface area contributed by atoms with Gasteiger partial charge in [-0.15, -0.1) is 0 Å². The fraction of sp³-hybridized carbons (Fsp3) is 0.444. The molecular weight excluding hydrogens is 430 g/mol. The smallest absolute Gasteiger partial charge is 0.253 e. The van der Waals surface area contributed by atoms with Crippen molar-refractivity contribution in [2.45, 2.75) is 33.1 Å². The van der Waals surface area contributed by atoms with Crippen LogP contribution in [-0.4, -0.2) is 54.5 Å². The van der Waals surface area contributed by atoms with Gasteiger partial charge in [0.05, 0.1) is 0 Å². The summed E-state index contributed by atoms with van der Waals surface area (Å²) in [5.74, 6) is 0.852. The van der Waals surface area contributed by atoms with E-state index >= 15 is 0 Å². The van der Waals surface area contributed by atoms with Gasteiger partial charge in [0.1, 0.15) is 5.52 Å². The molecule has 1 fully saturated rings. The first-order valence-corrected chi connectivity index (χ1v) is 12.2. The number of likely N-dealkylation sites (tertiary alicyclic amines) is 1. The van der Waals surface area contributed by atoms with E-state index in [1.807, 2.05) is 55.1 Å². The molecule has 1 N–H and O–H groups in total. The van der Waals surface area contributed by atoms with E-state index in [-0.39, 0.29) is 23.7 Å². The van der Waals surface area contributed by atoms with Gasteiger partial charge in [0, 0.05) is 49.9 Å². The number of fused-ring (bicyclic) bond motifs is 1. The Hall–Kier alpha value is -3.19. The van der Waals surface area contributed by atoms with E-state index in [1.165, 1.54) is 0 Å². The van der Waals surface area contributed by atoms with Gasteiger partial charge in [-0.25, -0.2) is 4.98 Å². The number of piperidine rings is 1. The summed E-state index contributed by atoms with van der Waals surface area (Å²) in [5, 5.41) is 3.01. The molecule has 34 heavy (non-hydrogen) atoms. The first-order chi connectivity index (χ1) is 16.6. The summed E-state index contributed by atoms with van der Waals surface area (Å²) in [6, 6.07) is 15.1. The highest BCUT2D eigenvalue weighted by Gasteiger charge is 2.30. The first kappa shape index (κ1) is 24.0. The number of nitrogens with zero attached hydrogens (tertiary/aromatic N) is 2. The number of benzene rings is 2. The zero-order valence-electron chi connectivity index (χ0n) is 20.0. The number of ether oxygens (including phenoxy) is 1. The van der Waals surface area contributed by atoms with E-state index in [4.69, 9.17) is 9.15 Å². The van der Waals surface area contributed by atoms with Crippen LogP contribution in [-0.2, 0) is 9.53 Å². The van der Waals surface area contributed by atoms with Gasteiger partial charge in [-0.2, -0.15) is 0 Å². The third kappa shape index (κ3) is 5.65. The van der Waals surface area contributed by atoms with Crippen LogP contribution in [0.3, 0.4) is 0 Å². The fourth-order valence-electron chi connectivity index (χ4n) is 4.46. The Morgan fingerprint density at radius 3 is 2.68 bits per heavy atom. The molecule has 1 aliphatic rings. The molecule has 2 aromatic carbocycles. The Morgan fingerprint density at radius 1 is 1.18 bits per heavy atom. The Balaban J connectivity index is 1.32. The number of carbonyl (C=O) groups is 2. The molecule has 0 saturated carbocycles. The first-order valence-electron chi connectivity index (χ1n) is 12.2. The molecule has 0 radical (unpaired) electrons. The molecule has 0 spiro atoms. The molecule has 1 unspecified atom stereocenters. The van der Waals surface area contributed by atoms with Gasteiger partial charge in [0.15, 0.2) is 5.58 Å². The maximum absolute atomic E-state index is 13.1. The molecule has 1 saturated heterocycles. The maximum Gasteiger partial charge on any atom is 0.253 e. The number of nitrogens with one attached hydrogen (secondary N) is 1. The zero-order valence-corrected chi connectivity index (χ0v) is 20.0. The highest BCUT2D eigenvalue weighted by atomic mass is 16.5. The fourth-order valence-corrected chi connectivity index (χ4v) is 4.46. The van der Waals surface area contributed by atoms with Crippen LogP contribution in [0, 0.1) is 11.8 Å². The highest BCUT2D eigenvalue weighted by molar-refractivity contribution is 5.97. The third-order valence-corrected chi connectivity index (χ3v) is 6.57. The third-order valence-electron chi connectivity index (χ3n) is 6.57. The molecule has 2 heterocycles. The number of aromatic nitrogens is 1. The van der Waals surface area contributed by atoms with Gasteiger partial charge >= 0.3 is 0 Å². The minimum absolute atomic E-state index is 0.00219. The van der Waals surface area contributed by atoms with Crippen molar-refractivity contribution in [1.82, 2.24) is 15.2 Å². The summed E-state index contributed by atoms with van der Waals surface area (Å²) < 4.78 is 11.2. The lowest BCUT2D eigenvalue weighted by Crippen LogP contribution is -2.42. The predicted octanol–water partition coefficient (Wildman–Crippen LogP) is 4.53. The monoisotopic (exact) mass is 463 g/mol. The average molecular weight is 464 g/mol. The highest BCUT2D eigenvalue weighted by Crippen LogP contribution is 2.28. The van der Waals surface area contributed by atoms with Gasteiger partial charge in [-0.05, 0) is 62.4 Å². The van der Waals surface area contributed by atoms with Crippen molar-refractivity contribution in [3.05, 3.63) is 54.1 Å². The number of oxazole rings is 1. The van der Waals surface area contributed by atoms with Crippen LogP contribution < -0.4 is 5.32 Å². The molecule has 0 bridgehead atoms. The Morgan fingerprint density at radius 2 is 1.94 bits per heavy atom. The number of hydrogen-bond donors (Lipinski definition) is 1. The Labute approximate surface area is 200 Å². The van der Waals surface area contributed by atoms with E-state index in [0.29, 0.717) is 55.4 Å². The van der Waals surface area contributed by atoms with Crippen LogP contribution in [0.5, 0.6) is 0 Å². The van der Waals surface area contributed by atoms with Crippen LogP contribution in [0.25, 0.3) is 22.6 Å². The van der Waals surface area contributed by atoms with E-state index in [0.717, 1.165) is 24.8 Å². The number of hydrogen-bond acceptors (Lipinski definition) is 5. The van der Waals surface area contributed by atoms with E-state index < -0.39 is 0 Å². The molecule has 1 aliphatic heterocycles. The summed E-state index contributed by atoms with van der Waals surface area (Å²) in [6.45, 7) is 7.25. The van der Waals surface area contributed by atoms with Crippen LogP contribution in [0.1, 0.15) is 43.5 Å². The van der Waals surface area contributed by atoms with Crippen molar-refractivity contribution in [2.75, 3.05) is 32.8 Å². The number of amides is 2. The normalized spacial score (nSPS) is 15.4. The van der Waals surface area contributed by atoms with Crippen LogP contribution in [0.2, 0.25) is 0 Å². The second kappa shape index (κ2) is 11.3. The van der Waals surface area contributed by atoms with E-state index in [2.05, 4.69) is 10.3 Å². The Bertz CT molecular complexity index is 1100. The summed E-state index contributed by atoms with van der Waals surface area (Å²) in [4.78, 5) is 32.1. The van der Waals surface area contributed by atoms with E-state index in [9.17, 15) is 9.59 Å². The number of rotatable bonds is 9. The second-order valence-electron chi connectivity index (χ2n) is 8.83. The van der Waals surface area contributed by atoms with Crippen LogP contribution in [0.15, 0.2) is 52.9 Å². The minimum atomic E-state index is -0.0627. The largest absolute Gasteiger partial charge is 0.436 e. The number of carbonyl (C=O) groups excluding carboxylic acids is 2. The molecule has 1 atom stereocenters. The van der Waals surface area contributed by atoms with Crippen molar-refractivity contribution < 1.29 is 18.7 Å². The molecule has 2 amide bonds. The van der Waals surface area contributed by atoms with Gasteiger partial charge in [0.2, 0.25) is 11.8 Å². The quantitative estimate of drug-likeness (QED) is 0.472. The van der Waals surface area contributed by atoms with E-state index in [1.54, 1.807) is 12.1 Å². The lowest BCUT2D eigenvalue weighted by molar-refractivity contribution is -0.126. The minimum Gasteiger partial charge on any atom is -0.436 e. The molecule has 4 rings (SSSR count). The summed E-state index contributed by atoms with van der Waals surface area (Å²) in [5.41, 5.74) is 2.85. The van der Waals surface area contributed by atoms with Gasteiger partial charge < -0.3 is 19.4 Å². The molecule has 7 nitrogen and oxygen atoms in total. The van der Waals surface area contributed by atoms with Gasteiger partial charge in [-0.3, -0.25) is 9.59 Å². The van der Waals surface area contributed by atoms with Crippen molar-refractivity contribution in [1.29, 1.82) is 0 Å². The standard InChI is InChI=1S/C27H33N3O4/c1-3-33-17-7-14-28-25(31)19(2)20-12-15-30(16-13-20)27(32)22-10-11-24-23(18-22)29-26(34-24)21-8-5-4-6-9-21/h4-6,8-11,18-20H,3,7,12-17H2,1-2H3,(H,28,31). The molecule has 7 heteroatoms. The van der Waals surface area contributed by atoms with Crippen LogP contribution >= 0.6 is 0 Å². The molecular formula is C27H33N3O4. The molecule has 3 aromatic rings. The van der Waals surface area contributed by atoms with Crippen molar-refractivity contribution in [3.8, 4) is 11.5 Å². The van der Waals surface area contributed by atoms with Crippen molar-refractivity contribution in [2.24, 2.45) is 11.8 Å². The summed E-state index contributed by atoms with van der Waals surface area (Å²) in [6.07, 6.45) is 2.47. The molecule has 0 aliphatic carbocycles. The summed E-state index contributed by atoms with van der Waals surface area (Å²) in [7, 11) is 0. The van der Waals surface area contributed by atoms with Gasteiger partial charge in [-0.1, -0.05) is 25.1 Å². The van der Waals surface area contributed by atoms with Crippen molar-refractivity contribution in [3.63, 3.8) is 0 Å². The summed E-state index contributed by atoms with van der Waals surface area (Å²) >= 11 is 0. The average Bonchev–Trinajstić information content (AvgIpc) is 3.32. The topological polar surface area (TPSA) is 84.7 Å². The lowest BCUT2D eigenvalue weighted by atomic mass is 9.84. The van der Waals surface area contributed by atoms with Gasteiger partial charge in [0.25, 0.3) is 5.91 Å². The lowest BCUT2D eigenvalue weighted by Gasteiger charge is -2.34. The molecule has 1 aromatic heterocycles.